The van der Waals surface area contributed by atoms with Crippen molar-refractivity contribution in [3.05, 3.63) is 41.2 Å². The molecule has 0 fully saturated rings. The highest BCUT2D eigenvalue weighted by atomic mass is 35.5. The zero-order chi connectivity index (χ0) is 23.9. The molecule has 0 spiro atoms. The van der Waals surface area contributed by atoms with Gasteiger partial charge in [0.2, 0.25) is 0 Å². The average molecular weight is 465 g/mol. The summed E-state index contributed by atoms with van der Waals surface area (Å²) in [5.74, 6) is -0.553. The molecule has 1 unspecified atom stereocenters. The van der Waals surface area contributed by atoms with Gasteiger partial charge in [-0.25, -0.2) is 9.59 Å². The van der Waals surface area contributed by atoms with Crippen LogP contribution in [0.15, 0.2) is 30.3 Å². The molecule has 1 aromatic heterocycles. The smallest absolute Gasteiger partial charge is 0.411 e. The molecule has 1 heterocycles. The van der Waals surface area contributed by atoms with E-state index in [1.807, 2.05) is 0 Å². The molecule has 0 bridgehead atoms. The number of carbonyl (C=O) groups excluding carboxylic acids is 3. The van der Waals surface area contributed by atoms with E-state index in [4.69, 9.17) is 21.1 Å². The number of benzene rings is 1. The Labute approximate surface area is 190 Å². The first kappa shape index (κ1) is 24.9. The molecule has 0 aliphatic heterocycles. The number of hydrogen-bond donors (Lipinski definition) is 2. The van der Waals surface area contributed by atoms with Crippen molar-refractivity contribution in [2.24, 2.45) is 0 Å². The highest BCUT2D eigenvalue weighted by molar-refractivity contribution is 6.32. The molecule has 1 aromatic carbocycles. The van der Waals surface area contributed by atoms with E-state index in [9.17, 15) is 14.4 Å². The second-order valence-electron chi connectivity index (χ2n) is 7.65. The number of anilines is 1. The number of rotatable bonds is 6. The summed E-state index contributed by atoms with van der Waals surface area (Å²) in [6.07, 6.45) is -1.50. The highest BCUT2D eigenvalue weighted by Gasteiger charge is 2.25. The van der Waals surface area contributed by atoms with Crippen LogP contribution in [-0.4, -0.2) is 48.2 Å². The van der Waals surface area contributed by atoms with Gasteiger partial charge >= 0.3 is 18.2 Å². The lowest BCUT2D eigenvalue weighted by Crippen LogP contribution is -2.36. The third-order valence-electron chi connectivity index (χ3n) is 4.04. The predicted molar refractivity (Wildman–Crippen MR) is 117 cm³/mol. The van der Waals surface area contributed by atoms with Crippen LogP contribution in [0.2, 0.25) is 5.15 Å². The number of nitrogens with zero attached hydrogens (tertiary/aromatic N) is 2. The third-order valence-corrected chi connectivity index (χ3v) is 4.32. The van der Waals surface area contributed by atoms with Gasteiger partial charge in [0.05, 0.1) is 32.4 Å². The molecular formula is C21H25ClN4O6. The second-order valence-corrected chi connectivity index (χ2v) is 8.00. The highest BCUT2D eigenvalue weighted by Crippen LogP contribution is 2.29. The Bertz CT molecular complexity index is 975. The van der Waals surface area contributed by atoms with Gasteiger partial charge in [-0.15, -0.1) is 5.10 Å². The lowest BCUT2D eigenvalue weighted by atomic mass is 10.0. The number of carbonyl (C=O) groups is 3. The van der Waals surface area contributed by atoms with E-state index in [1.54, 1.807) is 51.1 Å². The first-order chi connectivity index (χ1) is 15.0. The van der Waals surface area contributed by atoms with E-state index in [-0.39, 0.29) is 17.3 Å². The number of aromatic nitrogens is 2. The molecule has 1 atom stereocenters. The quantitative estimate of drug-likeness (QED) is 0.482. The fourth-order valence-electron chi connectivity index (χ4n) is 2.60. The first-order valence-corrected chi connectivity index (χ1v) is 9.95. The number of methoxy groups -OCH3 is 2. The minimum absolute atomic E-state index is 0.122. The van der Waals surface area contributed by atoms with Crippen molar-refractivity contribution in [3.8, 4) is 11.1 Å². The lowest BCUT2D eigenvalue weighted by molar-refractivity contribution is -0.141. The van der Waals surface area contributed by atoms with Crippen molar-refractivity contribution in [1.82, 2.24) is 15.5 Å². The van der Waals surface area contributed by atoms with Crippen molar-refractivity contribution in [1.29, 1.82) is 0 Å². The standard InChI is InChI=1S/C21H25ClN4O6/c1-21(2,3)32-20(29)24-15(11-17(27)30-4)16-10-14(18(22)26-25-16)12-6-8-13(9-7-12)23-19(28)31-5/h6-10,15H,11H2,1-5H3,(H,23,28)(H,24,29). The predicted octanol–water partition coefficient (Wildman–Crippen LogP) is 4.10. The molecule has 32 heavy (non-hydrogen) atoms. The third kappa shape index (κ3) is 7.38. The van der Waals surface area contributed by atoms with Crippen molar-refractivity contribution in [2.75, 3.05) is 19.5 Å². The Morgan fingerprint density at radius 3 is 2.25 bits per heavy atom. The summed E-state index contributed by atoms with van der Waals surface area (Å²) < 4.78 is 14.6. The van der Waals surface area contributed by atoms with E-state index in [2.05, 4.69) is 25.6 Å². The minimum atomic E-state index is -0.860. The number of alkyl carbamates (subject to hydrolysis) is 1. The molecule has 0 aliphatic carbocycles. The Morgan fingerprint density at radius 2 is 1.69 bits per heavy atom. The number of halogens is 1. The number of amides is 2. The number of esters is 1. The van der Waals surface area contributed by atoms with Crippen LogP contribution >= 0.6 is 11.6 Å². The average Bonchev–Trinajstić information content (AvgIpc) is 2.72. The summed E-state index contributed by atoms with van der Waals surface area (Å²) in [6, 6.07) is 7.51. The van der Waals surface area contributed by atoms with Gasteiger partial charge in [0.15, 0.2) is 5.15 Å². The van der Waals surface area contributed by atoms with Crippen LogP contribution in [0.25, 0.3) is 11.1 Å². The number of ether oxygens (including phenoxy) is 3. The summed E-state index contributed by atoms with van der Waals surface area (Å²) in [4.78, 5) is 35.5. The molecule has 2 aromatic rings. The van der Waals surface area contributed by atoms with Gasteiger partial charge in [-0.2, -0.15) is 5.10 Å². The Morgan fingerprint density at radius 1 is 1.03 bits per heavy atom. The number of hydrogen-bond acceptors (Lipinski definition) is 8. The molecule has 0 saturated carbocycles. The van der Waals surface area contributed by atoms with E-state index in [0.29, 0.717) is 16.8 Å². The topological polar surface area (TPSA) is 129 Å². The zero-order valence-electron chi connectivity index (χ0n) is 18.4. The van der Waals surface area contributed by atoms with Crippen LogP contribution in [0.4, 0.5) is 15.3 Å². The molecule has 0 aliphatic rings. The van der Waals surface area contributed by atoms with Crippen LogP contribution in [0.5, 0.6) is 0 Å². The van der Waals surface area contributed by atoms with Gasteiger partial charge in [0, 0.05) is 11.3 Å². The van der Waals surface area contributed by atoms with E-state index < -0.39 is 29.8 Å². The minimum Gasteiger partial charge on any atom is -0.469 e. The molecule has 11 heteroatoms. The molecule has 2 N–H and O–H groups in total. The van der Waals surface area contributed by atoms with Gasteiger partial charge in [-0.05, 0) is 44.5 Å². The summed E-state index contributed by atoms with van der Waals surface area (Å²) in [7, 11) is 2.51. The zero-order valence-corrected chi connectivity index (χ0v) is 19.1. The maximum atomic E-state index is 12.3. The van der Waals surface area contributed by atoms with Gasteiger partial charge in [0.1, 0.15) is 5.60 Å². The van der Waals surface area contributed by atoms with Crippen LogP contribution in [0, 0.1) is 0 Å². The molecule has 0 radical (unpaired) electrons. The van der Waals surface area contributed by atoms with Crippen LogP contribution in [-0.2, 0) is 19.0 Å². The van der Waals surface area contributed by atoms with E-state index >= 15 is 0 Å². The molecular weight excluding hydrogens is 440 g/mol. The van der Waals surface area contributed by atoms with Crippen molar-refractivity contribution < 1.29 is 28.6 Å². The summed E-state index contributed by atoms with van der Waals surface area (Å²) in [5, 5.41) is 13.3. The van der Waals surface area contributed by atoms with Gasteiger partial charge < -0.3 is 19.5 Å². The monoisotopic (exact) mass is 464 g/mol. The largest absolute Gasteiger partial charge is 0.469 e. The maximum Gasteiger partial charge on any atom is 0.411 e. The first-order valence-electron chi connectivity index (χ1n) is 9.57. The van der Waals surface area contributed by atoms with Crippen LogP contribution in [0.3, 0.4) is 0 Å². The lowest BCUT2D eigenvalue weighted by Gasteiger charge is -2.23. The van der Waals surface area contributed by atoms with Gasteiger partial charge in [0.25, 0.3) is 0 Å². The van der Waals surface area contributed by atoms with Gasteiger partial charge in [-0.1, -0.05) is 23.7 Å². The summed E-state index contributed by atoms with van der Waals surface area (Å²) in [6.45, 7) is 5.17. The molecule has 2 rings (SSSR count). The van der Waals surface area contributed by atoms with Crippen LogP contribution < -0.4 is 10.6 Å². The number of nitrogens with one attached hydrogen (secondary N) is 2. The van der Waals surface area contributed by atoms with Crippen molar-refractivity contribution in [3.63, 3.8) is 0 Å². The van der Waals surface area contributed by atoms with Crippen molar-refractivity contribution >= 4 is 35.4 Å². The Balaban J connectivity index is 2.33. The molecule has 10 nitrogen and oxygen atoms in total. The molecule has 2 amide bonds. The van der Waals surface area contributed by atoms with E-state index in [1.165, 1.54) is 14.2 Å². The fraction of sp³-hybridized carbons (Fsp3) is 0.381. The van der Waals surface area contributed by atoms with E-state index in [0.717, 1.165) is 0 Å². The Kier molecular flexibility index (Phi) is 8.36. The van der Waals surface area contributed by atoms with Crippen LogP contribution in [0.1, 0.15) is 38.9 Å². The van der Waals surface area contributed by atoms with Crippen molar-refractivity contribution in [2.45, 2.75) is 38.8 Å². The normalized spacial score (nSPS) is 11.8. The Hall–Kier alpha value is -3.40. The summed E-state index contributed by atoms with van der Waals surface area (Å²) >= 11 is 6.24. The maximum absolute atomic E-state index is 12.3. The fourth-order valence-corrected chi connectivity index (χ4v) is 2.80. The van der Waals surface area contributed by atoms with Gasteiger partial charge in [-0.3, -0.25) is 10.1 Å². The SMILES string of the molecule is COC(=O)CC(NC(=O)OC(C)(C)C)c1cc(-c2ccc(NC(=O)OC)cc2)c(Cl)nn1. The molecule has 0 saturated heterocycles. The summed E-state index contributed by atoms with van der Waals surface area (Å²) in [5.41, 5.74) is 1.28. The second kappa shape index (κ2) is 10.8. The molecule has 172 valence electrons.